The molecule has 0 amide bonds. The molecule has 0 saturated carbocycles. The van der Waals surface area contributed by atoms with Crippen molar-refractivity contribution in [2.24, 2.45) is 0 Å². The zero-order chi connectivity index (χ0) is 10.6. The lowest BCUT2D eigenvalue weighted by molar-refractivity contribution is 0.0602. The SMILES string of the molecule is C=CCc1cccc(C(=O)OC)c1N. The molecule has 14 heavy (non-hydrogen) atoms. The number of hydrogen-bond donors (Lipinski definition) is 1. The number of hydrogen-bond acceptors (Lipinski definition) is 3. The Balaban J connectivity index is 3.13. The second kappa shape index (κ2) is 4.46. The Kier molecular flexibility index (Phi) is 3.29. The van der Waals surface area contributed by atoms with Gasteiger partial charge in [0.2, 0.25) is 0 Å². The number of ether oxygens (including phenoxy) is 1. The molecule has 3 nitrogen and oxygen atoms in total. The Morgan fingerprint density at radius 2 is 2.36 bits per heavy atom. The summed E-state index contributed by atoms with van der Waals surface area (Å²) in [5.74, 6) is -0.409. The highest BCUT2D eigenvalue weighted by atomic mass is 16.5. The van der Waals surface area contributed by atoms with Crippen molar-refractivity contribution < 1.29 is 9.53 Å². The van der Waals surface area contributed by atoms with Gasteiger partial charge in [-0.1, -0.05) is 18.2 Å². The van der Waals surface area contributed by atoms with Gasteiger partial charge in [-0.2, -0.15) is 0 Å². The fraction of sp³-hybridized carbons (Fsp3) is 0.182. The normalized spacial score (nSPS) is 9.50. The first kappa shape index (κ1) is 10.3. The highest BCUT2D eigenvalue weighted by Gasteiger charge is 2.11. The van der Waals surface area contributed by atoms with Crippen LogP contribution in [0.5, 0.6) is 0 Å². The van der Waals surface area contributed by atoms with Gasteiger partial charge in [0, 0.05) is 5.69 Å². The lowest BCUT2D eigenvalue weighted by atomic mass is 10.0. The van der Waals surface area contributed by atoms with Crippen molar-refractivity contribution in [2.45, 2.75) is 6.42 Å². The van der Waals surface area contributed by atoms with Crippen LogP contribution in [-0.2, 0) is 11.2 Å². The predicted octanol–water partition coefficient (Wildman–Crippen LogP) is 1.78. The number of carbonyl (C=O) groups excluding carboxylic acids is 1. The third-order valence-electron chi connectivity index (χ3n) is 1.97. The van der Waals surface area contributed by atoms with Crippen LogP contribution in [0.15, 0.2) is 30.9 Å². The molecule has 0 aromatic heterocycles. The summed E-state index contributed by atoms with van der Waals surface area (Å²) in [4.78, 5) is 11.3. The Morgan fingerprint density at radius 3 is 2.93 bits per heavy atom. The number of benzene rings is 1. The van der Waals surface area contributed by atoms with Gasteiger partial charge in [-0.15, -0.1) is 6.58 Å². The molecule has 0 bridgehead atoms. The predicted molar refractivity (Wildman–Crippen MR) is 56.1 cm³/mol. The standard InChI is InChI=1S/C11H13NO2/c1-3-5-8-6-4-7-9(10(8)12)11(13)14-2/h3-4,6-7H,1,5,12H2,2H3. The lowest BCUT2D eigenvalue weighted by Gasteiger charge is -2.07. The quantitative estimate of drug-likeness (QED) is 0.450. The summed E-state index contributed by atoms with van der Waals surface area (Å²) < 4.78 is 4.61. The molecule has 0 saturated heterocycles. The van der Waals surface area contributed by atoms with Crippen molar-refractivity contribution in [3.63, 3.8) is 0 Å². The van der Waals surface area contributed by atoms with Crippen molar-refractivity contribution in [1.29, 1.82) is 0 Å². The van der Waals surface area contributed by atoms with Crippen LogP contribution < -0.4 is 5.73 Å². The maximum absolute atomic E-state index is 11.3. The molecule has 2 N–H and O–H groups in total. The van der Waals surface area contributed by atoms with Crippen molar-refractivity contribution in [2.75, 3.05) is 12.8 Å². The summed E-state index contributed by atoms with van der Waals surface area (Å²) in [6, 6.07) is 5.29. The van der Waals surface area contributed by atoms with Crippen LogP contribution in [-0.4, -0.2) is 13.1 Å². The molecule has 74 valence electrons. The zero-order valence-electron chi connectivity index (χ0n) is 8.12. The van der Waals surface area contributed by atoms with E-state index in [-0.39, 0.29) is 0 Å². The van der Waals surface area contributed by atoms with Gasteiger partial charge in [-0.25, -0.2) is 4.79 Å². The number of anilines is 1. The van der Waals surface area contributed by atoms with Crippen molar-refractivity contribution in [3.05, 3.63) is 42.0 Å². The van der Waals surface area contributed by atoms with Gasteiger partial charge < -0.3 is 10.5 Å². The van der Waals surface area contributed by atoms with Crippen LogP contribution in [0.2, 0.25) is 0 Å². The minimum absolute atomic E-state index is 0.409. The van der Waals surface area contributed by atoms with Gasteiger partial charge in [0.1, 0.15) is 0 Å². The number of esters is 1. The van der Waals surface area contributed by atoms with Gasteiger partial charge in [0.05, 0.1) is 12.7 Å². The number of methoxy groups -OCH3 is 1. The second-order valence-electron chi connectivity index (χ2n) is 2.86. The number of rotatable bonds is 3. The van der Waals surface area contributed by atoms with Crippen LogP contribution in [0.3, 0.4) is 0 Å². The van der Waals surface area contributed by atoms with E-state index >= 15 is 0 Å². The monoisotopic (exact) mass is 191 g/mol. The first-order valence-corrected chi connectivity index (χ1v) is 4.27. The van der Waals surface area contributed by atoms with E-state index in [1.165, 1.54) is 7.11 Å². The second-order valence-corrected chi connectivity index (χ2v) is 2.86. The molecule has 0 atom stereocenters. The Bertz CT molecular complexity index is 358. The molecule has 0 fully saturated rings. The number of carbonyl (C=O) groups is 1. The zero-order valence-corrected chi connectivity index (χ0v) is 8.12. The van der Waals surface area contributed by atoms with Gasteiger partial charge >= 0.3 is 5.97 Å². The fourth-order valence-corrected chi connectivity index (χ4v) is 1.23. The molecule has 0 aliphatic carbocycles. The molecular formula is C11H13NO2. The van der Waals surface area contributed by atoms with Crippen LogP contribution in [0.1, 0.15) is 15.9 Å². The van der Waals surface area contributed by atoms with E-state index in [1.807, 2.05) is 6.07 Å². The number of para-hydroxylation sites is 1. The molecule has 0 radical (unpaired) electrons. The van der Waals surface area contributed by atoms with E-state index in [0.29, 0.717) is 17.7 Å². The maximum Gasteiger partial charge on any atom is 0.339 e. The molecule has 1 aromatic rings. The molecule has 3 heteroatoms. The molecule has 0 aliphatic rings. The van der Waals surface area contributed by atoms with Gasteiger partial charge in [0.25, 0.3) is 0 Å². The van der Waals surface area contributed by atoms with Gasteiger partial charge in [0.15, 0.2) is 0 Å². The maximum atomic E-state index is 11.3. The van der Waals surface area contributed by atoms with Gasteiger partial charge in [-0.3, -0.25) is 0 Å². The molecule has 0 aliphatic heterocycles. The van der Waals surface area contributed by atoms with Crippen LogP contribution in [0.25, 0.3) is 0 Å². The Morgan fingerprint density at radius 1 is 1.64 bits per heavy atom. The highest BCUT2D eigenvalue weighted by Crippen LogP contribution is 2.18. The summed E-state index contributed by atoms with van der Waals surface area (Å²) >= 11 is 0. The third-order valence-corrected chi connectivity index (χ3v) is 1.97. The number of nitrogen functional groups attached to an aromatic ring is 1. The molecule has 0 spiro atoms. The van der Waals surface area contributed by atoms with E-state index in [4.69, 9.17) is 5.73 Å². The van der Waals surface area contributed by atoms with Crippen molar-refractivity contribution in [1.82, 2.24) is 0 Å². The lowest BCUT2D eigenvalue weighted by Crippen LogP contribution is -2.07. The summed E-state index contributed by atoms with van der Waals surface area (Å²) in [6.07, 6.45) is 2.39. The number of allylic oxidation sites excluding steroid dienone is 1. The molecule has 1 aromatic carbocycles. The van der Waals surface area contributed by atoms with E-state index < -0.39 is 5.97 Å². The van der Waals surface area contributed by atoms with Crippen LogP contribution >= 0.6 is 0 Å². The van der Waals surface area contributed by atoms with Crippen LogP contribution in [0, 0.1) is 0 Å². The summed E-state index contributed by atoms with van der Waals surface area (Å²) in [5, 5.41) is 0. The third kappa shape index (κ3) is 1.93. The van der Waals surface area contributed by atoms with Crippen molar-refractivity contribution in [3.8, 4) is 0 Å². The minimum atomic E-state index is -0.409. The van der Waals surface area contributed by atoms with E-state index in [2.05, 4.69) is 11.3 Å². The first-order chi connectivity index (χ1) is 6.70. The van der Waals surface area contributed by atoms with E-state index in [9.17, 15) is 4.79 Å². The largest absolute Gasteiger partial charge is 0.465 e. The minimum Gasteiger partial charge on any atom is -0.465 e. The average Bonchev–Trinajstić information content (AvgIpc) is 2.20. The average molecular weight is 191 g/mol. The fourth-order valence-electron chi connectivity index (χ4n) is 1.23. The van der Waals surface area contributed by atoms with Gasteiger partial charge in [-0.05, 0) is 18.1 Å². The Hall–Kier alpha value is -1.77. The smallest absolute Gasteiger partial charge is 0.339 e. The molecule has 0 heterocycles. The first-order valence-electron chi connectivity index (χ1n) is 4.27. The number of nitrogens with two attached hydrogens (primary N) is 1. The topological polar surface area (TPSA) is 52.3 Å². The van der Waals surface area contributed by atoms with Crippen molar-refractivity contribution >= 4 is 11.7 Å². The Labute approximate surface area is 83.2 Å². The molecule has 0 unspecified atom stereocenters. The van der Waals surface area contributed by atoms with E-state index in [1.54, 1.807) is 18.2 Å². The molecule has 1 rings (SSSR count). The summed E-state index contributed by atoms with van der Waals surface area (Å²) in [6.45, 7) is 3.62. The van der Waals surface area contributed by atoms with Crippen LogP contribution in [0.4, 0.5) is 5.69 Å². The molecular weight excluding hydrogens is 178 g/mol. The highest BCUT2D eigenvalue weighted by molar-refractivity contribution is 5.95. The summed E-state index contributed by atoms with van der Waals surface area (Å²) in [7, 11) is 1.34. The van der Waals surface area contributed by atoms with E-state index in [0.717, 1.165) is 5.56 Å². The summed E-state index contributed by atoms with van der Waals surface area (Å²) in [5.41, 5.74) is 7.57.